The molecule has 9 aromatic carbocycles. The van der Waals surface area contributed by atoms with E-state index >= 15 is 0 Å². The summed E-state index contributed by atoms with van der Waals surface area (Å²) in [5.41, 5.74) is 14.0. The zero-order valence-corrected chi connectivity index (χ0v) is 29.7. The highest BCUT2D eigenvalue weighted by Gasteiger charge is 2.24. The monoisotopic (exact) mass is 688 g/mol. The van der Waals surface area contributed by atoms with E-state index in [1.54, 1.807) is 0 Å². The number of benzene rings is 9. The van der Waals surface area contributed by atoms with Crippen LogP contribution < -0.4 is 4.90 Å². The van der Waals surface area contributed by atoms with Crippen molar-refractivity contribution in [3.63, 3.8) is 0 Å². The molecule has 2 nitrogen and oxygen atoms in total. The zero-order valence-electron chi connectivity index (χ0n) is 29.7. The minimum atomic E-state index is 1.10. The van der Waals surface area contributed by atoms with Gasteiger partial charge < -0.3 is 9.47 Å². The van der Waals surface area contributed by atoms with Gasteiger partial charge in [0.25, 0.3) is 0 Å². The van der Waals surface area contributed by atoms with E-state index < -0.39 is 0 Å². The minimum absolute atomic E-state index is 1.10. The molecule has 0 bridgehead atoms. The molecule has 0 saturated carbocycles. The molecule has 0 aliphatic rings. The fourth-order valence-electron chi connectivity index (χ4n) is 7.99. The topological polar surface area (TPSA) is 8.17 Å². The summed E-state index contributed by atoms with van der Waals surface area (Å²) in [5.74, 6) is 0. The molecule has 0 N–H and O–H groups in total. The number of nitrogens with zero attached hydrogens (tertiary/aromatic N) is 2. The van der Waals surface area contributed by atoms with Crippen LogP contribution in [-0.2, 0) is 0 Å². The van der Waals surface area contributed by atoms with Gasteiger partial charge in [-0.2, -0.15) is 0 Å². The zero-order chi connectivity index (χ0) is 35.8. The number of hydrogen-bond acceptors (Lipinski definition) is 1. The van der Waals surface area contributed by atoms with Gasteiger partial charge in [-0.3, -0.25) is 0 Å². The van der Waals surface area contributed by atoms with Gasteiger partial charge in [-0.1, -0.05) is 164 Å². The van der Waals surface area contributed by atoms with Crippen molar-refractivity contribution in [2.75, 3.05) is 4.90 Å². The lowest BCUT2D eigenvalue weighted by atomic mass is 9.98. The minimum Gasteiger partial charge on any atom is -0.310 e. The van der Waals surface area contributed by atoms with E-state index in [-0.39, 0.29) is 0 Å². The van der Waals surface area contributed by atoms with Crippen LogP contribution in [-0.4, -0.2) is 4.57 Å². The van der Waals surface area contributed by atoms with Crippen LogP contribution in [0, 0.1) is 0 Å². The third-order valence-electron chi connectivity index (χ3n) is 10.6. The van der Waals surface area contributed by atoms with Gasteiger partial charge in [0, 0.05) is 33.2 Å². The maximum atomic E-state index is 2.46. The Labute approximate surface area is 315 Å². The van der Waals surface area contributed by atoms with Crippen LogP contribution in [0.25, 0.3) is 71.6 Å². The number of fused-ring (bicyclic) bond motifs is 5. The average molecular weight is 689 g/mol. The number of rotatable bonds is 7. The number of hydrogen-bond donors (Lipinski definition) is 0. The normalized spacial score (nSPS) is 11.3. The van der Waals surface area contributed by atoms with Gasteiger partial charge in [0.15, 0.2) is 0 Å². The van der Waals surface area contributed by atoms with Gasteiger partial charge in [-0.15, -0.1) is 0 Å². The fraction of sp³-hybridized carbons (Fsp3) is 0. The molecular formula is C52H36N2. The molecule has 254 valence electrons. The lowest BCUT2D eigenvalue weighted by Gasteiger charge is -2.27. The van der Waals surface area contributed by atoms with Crippen molar-refractivity contribution >= 4 is 49.6 Å². The number of para-hydroxylation sites is 1. The van der Waals surface area contributed by atoms with Crippen LogP contribution in [0.3, 0.4) is 0 Å². The Morgan fingerprint density at radius 2 is 0.778 bits per heavy atom. The van der Waals surface area contributed by atoms with Crippen LogP contribution in [0.15, 0.2) is 218 Å². The predicted molar refractivity (Wildman–Crippen MR) is 229 cm³/mol. The summed E-state index contributed by atoms with van der Waals surface area (Å²) in [6.45, 7) is 0. The first kappa shape index (κ1) is 31.6. The van der Waals surface area contributed by atoms with E-state index in [0.29, 0.717) is 0 Å². The van der Waals surface area contributed by atoms with Crippen LogP contribution >= 0.6 is 0 Å². The van der Waals surface area contributed by atoms with E-state index in [9.17, 15) is 0 Å². The van der Waals surface area contributed by atoms with E-state index in [4.69, 9.17) is 0 Å². The van der Waals surface area contributed by atoms with Gasteiger partial charge >= 0.3 is 0 Å². The van der Waals surface area contributed by atoms with Crippen molar-refractivity contribution in [3.05, 3.63) is 218 Å². The SMILES string of the molecule is c1ccc(-c2ccc(N(c3ccc(-c4ccccc4)cc3)c3cc4ccccc4c4c3c3cc(-c5ccccc5)ccc3n4-c3ccccc3)cc2)cc1. The largest absolute Gasteiger partial charge is 0.310 e. The Bertz CT molecular complexity index is 2790. The third-order valence-corrected chi connectivity index (χ3v) is 10.6. The first-order chi connectivity index (χ1) is 26.8. The van der Waals surface area contributed by atoms with Crippen LogP contribution in [0.4, 0.5) is 17.1 Å². The second-order valence-electron chi connectivity index (χ2n) is 13.8. The molecular weight excluding hydrogens is 653 g/mol. The Hall–Kier alpha value is -7.16. The van der Waals surface area contributed by atoms with E-state index in [0.717, 1.165) is 22.7 Å². The Balaban J connectivity index is 1.29. The molecule has 0 unspecified atom stereocenters. The first-order valence-electron chi connectivity index (χ1n) is 18.5. The van der Waals surface area contributed by atoms with Crippen molar-refractivity contribution < 1.29 is 0 Å². The van der Waals surface area contributed by atoms with E-state index in [2.05, 4.69) is 228 Å². The summed E-state index contributed by atoms with van der Waals surface area (Å²) < 4.78 is 2.46. The summed E-state index contributed by atoms with van der Waals surface area (Å²) in [4.78, 5) is 2.45. The van der Waals surface area contributed by atoms with Crippen LogP contribution in [0.1, 0.15) is 0 Å². The lowest BCUT2D eigenvalue weighted by Crippen LogP contribution is -2.10. The van der Waals surface area contributed by atoms with Crippen molar-refractivity contribution in [3.8, 4) is 39.1 Å². The maximum Gasteiger partial charge on any atom is 0.0640 e. The molecule has 2 heteroatoms. The first-order valence-corrected chi connectivity index (χ1v) is 18.5. The second-order valence-corrected chi connectivity index (χ2v) is 13.8. The molecule has 0 fully saturated rings. The average Bonchev–Trinajstić information content (AvgIpc) is 3.61. The van der Waals surface area contributed by atoms with Crippen LogP contribution in [0.5, 0.6) is 0 Å². The number of aromatic nitrogens is 1. The van der Waals surface area contributed by atoms with Crippen molar-refractivity contribution in [2.45, 2.75) is 0 Å². The standard InChI is InChI=1S/C52H36N2/c1-5-15-37(16-6-1)40-25-30-45(31-26-40)53(46-32-27-41(28-33-46)38-17-7-2-8-18-38)50-36-43-21-13-14-24-47(43)52-51(50)48-35-42(39-19-9-3-10-20-39)29-34-49(48)54(52)44-22-11-4-12-23-44/h1-36H. The summed E-state index contributed by atoms with van der Waals surface area (Å²) >= 11 is 0. The molecule has 10 rings (SSSR count). The smallest absolute Gasteiger partial charge is 0.0640 e. The highest BCUT2D eigenvalue weighted by molar-refractivity contribution is 6.25. The highest BCUT2D eigenvalue weighted by atomic mass is 15.1. The van der Waals surface area contributed by atoms with Gasteiger partial charge in [0.2, 0.25) is 0 Å². The van der Waals surface area contributed by atoms with E-state index in [1.807, 2.05) is 0 Å². The second kappa shape index (κ2) is 13.4. The predicted octanol–water partition coefficient (Wildman–Crippen LogP) is 14.4. The Morgan fingerprint density at radius 3 is 1.33 bits per heavy atom. The molecule has 0 amide bonds. The maximum absolute atomic E-state index is 2.46. The lowest BCUT2D eigenvalue weighted by molar-refractivity contribution is 1.19. The molecule has 54 heavy (non-hydrogen) atoms. The molecule has 1 heterocycles. The van der Waals surface area contributed by atoms with Gasteiger partial charge in [-0.25, -0.2) is 0 Å². The molecule has 0 saturated heterocycles. The molecule has 0 aliphatic heterocycles. The third kappa shape index (κ3) is 5.53. The summed E-state index contributed by atoms with van der Waals surface area (Å²) in [7, 11) is 0. The summed E-state index contributed by atoms with van der Waals surface area (Å²) in [6.07, 6.45) is 0. The quantitative estimate of drug-likeness (QED) is 0.162. The molecule has 0 atom stereocenters. The van der Waals surface area contributed by atoms with Crippen molar-refractivity contribution in [1.29, 1.82) is 0 Å². The highest BCUT2D eigenvalue weighted by Crippen LogP contribution is 2.48. The van der Waals surface area contributed by atoms with Crippen LogP contribution in [0.2, 0.25) is 0 Å². The number of anilines is 3. The molecule has 0 radical (unpaired) electrons. The van der Waals surface area contributed by atoms with E-state index in [1.165, 1.54) is 66.0 Å². The van der Waals surface area contributed by atoms with Gasteiger partial charge in [0.1, 0.15) is 0 Å². The summed E-state index contributed by atoms with van der Waals surface area (Å²) in [6, 6.07) is 78.9. The molecule has 0 spiro atoms. The summed E-state index contributed by atoms with van der Waals surface area (Å²) in [5, 5.41) is 4.83. The molecule has 0 aliphatic carbocycles. The van der Waals surface area contributed by atoms with Crippen molar-refractivity contribution in [1.82, 2.24) is 4.57 Å². The van der Waals surface area contributed by atoms with Crippen molar-refractivity contribution in [2.24, 2.45) is 0 Å². The fourth-order valence-corrected chi connectivity index (χ4v) is 7.99. The molecule has 1 aromatic heterocycles. The Kier molecular flexibility index (Phi) is 7.85. The van der Waals surface area contributed by atoms with Gasteiger partial charge in [0.05, 0.1) is 16.7 Å². The van der Waals surface area contributed by atoms with Gasteiger partial charge in [-0.05, 0) is 93.4 Å². The Morgan fingerprint density at radius 1 is 0.333 bits per heavy atom. The molecule has 10 aromatic rings.